The van der Waals surface area contributed by atoms with Crippen LogP contribution < -0.4 is 10.1 Å². The Labute approximate surface area is 94.0 Å². The summed E-state index contributed by atoms with van der Waals surface area (Å²) < 4.78 is 31.9. The molecule has 0 bridgehead atoms. The van der Waals surface area contributed by atoms with Gasteiger partial charge in [-0.1, -0.05) is 0 Å². The predicted octanol–water partition coefficient (Wildman–Crippen LogP) is 1.75. The minimum absolute atomic E-state index is 0.0881. The van der Waals surface area contributed by atoms with Gasteiger partial charge in [-0.25, -0.2) is 8.78 Å². The molecule has 0 aliphatic carbocycles. The smallest absolute Gasteiger partial charge is 0.165 e. The monoisotopic (exact) mass is 230 g/mol. The van der Waals surface area contributed by atoms with Gasteiger partial charge in [0.2, 0.25) is 0 Å². The number of methoxy groups -OCH3 is 1. The van der Waals surface area contributed by atoms with Crippen molar-refractivity contribution in [2.75, 3.05) is 28.3 Å². The Morgan fingerprint density at radius 1 is 1.25 bits per heavy atom. The highest BCUT2D eigenvalue weighted by atomic mass is 19.1. The summed E-state index contributed by atoms with van der Waals surface area (Å²) in [6.45, 7) is 0. The lowest BCUT2D eigenvalue weighted by molar-refractivity contribution is 0.256. The second kappa shape index (κ2) is 5.23. The number of benzene rings is 1. The maximum absolute atomic E-state index is 13.7. The number of hydrogen-bond donors (Lipinski definition) is 1. The average molecular weight is 230 g/mol. The molecule has 0 saturated heterocycles. The molecule has 0 aliphatic heterocycles. The second-order valence-corrected chi connectivity index (χ2v) is 3.66. The van der Waals surface area contributed by atoms with Gasteiger partial charge < -0.3 is 10.1 Å². The van der Waals surface area contributed by atoms with Gasteiger partial charge in [0.1, 0.15) is 5.82 Å². The van der Waals surface area contributed by atoms with Crippen LogP contribution in [0, 0.1) is 11.6 Å². The molecule has 1 unspecified atom stereocenters. The van der Waals surface area contributed by atoms with Crippen molar-refractivity contribution < 1.29 is 13.5 Å². The Morgan fingerprint density at radius 2 is 1.88 bits per heavy atom. The molecule has 1 N–H and O–H groups in total. The first-order valence-corrected chi connectivity index (χ1v) is 4.88. The van der Waals surface area contributed by atoms with Crippen molar-refractivity contribution in [3.05, 3.63) is 29.3 Å². The van der Waals surface area contributed by atoms with E-state index in [4.69, 9.17) is 4.74 Å². The van der Waals surface area contributed by atoms with Gasteiger partial charge in [-0.15, -0.1) is 0 Å². The summed E-state index contributed by atoms with van der Waals surface area (Å²) in [5, 5.41) is 2.90. The number of nitrogens with one attached hydrogen (secondary N) is 1. The molecule has 1 atom stereocenters. The quantitative estimate of drug-likeness (QED) is 0.798. The Kier molecular flexibility index (Phi) is 4.20. The first kappa shape index (κ1) is 12.9. The average Bonchev–Trinajstić information content (AvgIpc) is 2.23. The van der Waals surface area contributed by atoms with E-state index >= 15 is 0 Å². The molecule has 0 aromatic heterocycles. The predicted molar refractivity (Wildman–Crippen MR) is 58.4 cm³/mol. The van der Waals surface area contributed by atoms with Crippen molar-refractivity contribution in [1.82, 2.24) is 10.2 Å². The second-order valence-electron chi connectivity index (χ2n) is 3.66. The molecule has 16 heavy (non-hydrogen) atoms. The zero-order chi connectivity index (χ0) is 12.3. The van der Waals surface area contributed by atoms with Gasteiger partial charge in [-0.2, -0.15) is 0 Å². The van der Waals surface area contributed by atoms with Gasteiger partial charge in [0.05, 0.1) is 13.3 Å². The molecule has 90 valence electrons. The van der Waals surface area contributed by atoms with Crippen LogP contribution in [0.1, 0.15) is 11.7 Å². The van der Waals surface area contributed by atoms with Crippen molar-refractivity contribution in [3.8, 4) is 5.75 Å². The van der Waals surface area contributed by atoms with E-state index in [-0.39, 0.29) is 17.5 Å². The Bertz CT molecular complexity index is 369. The maximum Gasteiger partial charge on any atom is 0.165 e. The molecule has 1 rings (SSSR count). The lowest BCUT2D eigenvalue weighted by atomic mass is 10.1. The van der Waals surface area contributed by atoms with Gasteiger partial charge in [0.25, 0.3) is 0 Å². The normalized spacial score (nSPS) is 12.9. The molecule has 0 saturated carbocycles. The summed E-state index contributed by atoms with van der Waals surface area (Å²) in [6, 6.07) is 2.20. The summed E-state index contributed by atoms with van der Waals surface area (Å²) in [7, 11) is 6.55. The highest BCUT2D eigenvalue weighted by Gasteiger charge is 2.19. The fourth-order valence-electron chi connectivity index (χ4n) is 1.60. The third-order valence-corrected chi connectivity index (χ3v) is 2.36. The van der Waals surface area contributed by atoms with Gasteiger partial charge >= 0.3 is 0 Å². The number of ether oxygens (including phenoxy) is 1. The fraction of sp³-hybridized carbons (Fsp3) is 0.455. The number of halogens is 2. The Hall–Kier alpha value is -1.20. The summed E-state index contributed by atoms with van der Waals surface area (Å²) >= 11 is 0. The summed E-state index contributed by atoms with van der Waals surface area (Å²) in [5.74, 6) is -1.15. The van der Waals surface area contributed by atoms with Crippen molar-refractivity contribution in [3.63, 3.8) is 0 Å². The van der Waals surface area contributed by atoms with Gasteiger partial charge in [0, 0.05) is 11.6 Å². The number of hydrogen-bond acceptors (Lipinski definition) is 3. The van der Waals surface area contributed by atoms with Crippen molar-refractivity contribution in [2.24, 2.45) is 0 Å². The molecule has 0 fully saturated rings. The summed E-state index contributed by atoms with van der Waals surface area (Å²) in [4.78, 5) is 1.75. The largest absolute Gasteiger partial charge is 0.494 e. The summed E-state index contributed by atoms with van der Waals surface area (Å²) in [6.07, 6.45) is -0.375. The number of rotatable bonds is 4. The van der Waals surface area contributed by atoms with Gasteiger partial charge in [0.15, 0.2) is 11.6 Å². The maximum atomic E-state index is 13.7. The van der Waals surface area contributed by atoms with E-state index in [1.165, 1.54) is 7.11 Å². The highest BCUT2D eigenvalue weighted by molar-refractivity contribution is 5.32. The molecule has 0 radical (unpaired) electrons. The molecule has 5 heteroatoms. The fourth-order valence-corrected chi connectivity index (χ4v) is 1.60. The highest BCUT2D eigenvalue weighted by Crippen LogP contribution is 2.26. The van der Waals surface area contributed by atoms with E-state index in [9.17, 15) is 8.78 Å². The van der Waals surface area contributed by atoms with Crippen LogP contribution in [-0.2, 0) is 0 Å². The summed E-state index contributed by atoms with van der Waals surface area (Å²) in [5.41, 5.74) is 0.255. The van der Waals surface area contributed by atoms with Crippen molar-refractivity contribution in [1.29, 1.82) is 0 Å². The topological polar surface area (TPSA) is 24.5 Å². The molecule has 0 spiro atoms. The molecule has 0 heterocycles. The minimum Gasteiger partial charge on any atom is -0.494 e. The van der Waals surface area contributed by atoms with Crippen LogP contribution in [-0.4, -0.2) is 33.2 Å². The molecular formula is C11H16F2N2O. The zero-order valence-electron chi connectivity index (χ0n) is 9.84. The minimum atomic E-state index is -0.569. The Morgan fingerprint density at radius 3 is 2.31 bits per heavy atom. The molecule has 0 amide bonds. The van der Waals surface area contributed by atoms with E-state index in [1.54, 1.807) is 26.0 Å². The first-order valence-electron chi connectivity index (χ1n) is 4.88. The Balaban J connectivity index is 3.18. The molecule has 0 aliphatic rings. The molecule has 1 aromatic carbocycles. The van der Waals surface area contributed by atoms with Crippen LogP contribution in [0.4, 0.5) is 8.78 Å². The number of nitrogens with zero attached hydrogens (tertiary/aromatic N) is 1. The van der Waals surface area contributed by atoms with Crippen LogP contribution in [0.25, 0.3) is 0 Å². The van der Waals surface area contributed by atoms with Crippen LogP contribution in [0.2, 0.25) is 0 Å². The molecule has 3 nitrogen and oxygen atoms in total. The van der Waals surface area contributed by atoms with Crippen LogP contribution in [0.5, 0.6) is 5.75 Å². The SMILES string of the molecule is CNC(c1cc(F)c(OC)cc1F)N(C)C. The first-order chi connectivity index (χ1) is 7.51. The lowest BCUT2D eigenvalue weighted by Crippen LogP contribution is -2.31. The van der Waals surface area contributed by atoms with E-state index in [2.05, 4.69) is 5.32 Å². The molecular weight excluding hydrogens is 214 g/mol. The van der Waals surface area contributed by atoms with Crippen LogP contribution in [0.15, 0.2) is 12.1 Å². The molecule has 1 aromatic rings. The van der Waals surface area contributed by atoms with E-state index in [1.807, 2.05) is 0 Å². The zero-order valence-corrected chi connectivity index (χ0v) is 9.84. The third-order valence-electron chi connectivity index (χ3n) is 2.36. The third kappa shape index (κ3) is 2.48. The van der Waals surface area contributed by atoms with Crippen molar-refractivity contribution in [2.45, 2.75) is 6.17 Å². The van der Waals surface area contributed by atoms with Crippen molar-refractivity contribution >= 4 is 0 Å². The van der Waals surface area contributed by atoms with Gasteiger partial charge in [-0.3, -0.25) is 4.90 Å². The lowest BCUT2D eigenvalue weighted by Gasteiger charge is -2.24. The standard InChI is InChI=1S/C11H16F2N2O/c1-14-11(15(2)3)7-5-9(13)10(16-4)6-8(7)12/h5-6,11,14H,1-4H3. The van der Waals surface area contributed by atoms with E-state index in [0.29, 0.717) is 0 Å². The van der Waals surface area contributed by atoms with Crippen LogP contribution in [0.3, 0.4) is 0 Å². The van der Waals surface area contributed by atoms with E-state index in [0.717, 1.165) is 12.1 Å². The van der Waals surface area contributed by atoms with E-state index < -0.39 is 11.6 Å². The van der Waals surface area contributed by atoms with Crippen LogP contribution >= 0.6 is 0 Å². The van der Waals surface area contributed by atoms with Gasteiger partial charge in [-0.05, 0) is 27.2 Å².